The minimum Gasteiger partial charge on any atom is -0.505 e. The van der Waals surface area contributed by atoms with Crippen LogP contribution in [0.4, 0.5) is 4.39 Å². The third-order valence-electron chi connectivity index (χ3n) is 4.21. The summed E-state index contributed by atoms with van der Waals surface area (Å²) in [5.74, 6) is -1.07. The number of Topliss-reactive ketones (excluding diaryl/α,β-unsaturated/α-hetero) is 1. The lowest BCUT2D eigenvalue weighted by Crippen LogP contribution is -2.37. The van der Waals surface area contributed by atoms with Gasteiger partial charge < -0.3 is 10.0 Å². The van der Waals surface area contributed by atoms with E-state index in [1.807, 2.05) is 0 Å². The van der Waals surface area contributed by atoms with Gasteiger partial charge in [0.2, 0.25) is 0 Å². The van der Waals surface area contributed by atoms with Crippen LogP contribution in [0.3, 0.4) is 0 Å². The Morgan fingerprint density at radius 2 is 2.00 bits per heavy atom. The molecule has 0 saturated carbocycles. The summed E-state index contributed by atoms with van der Waals surface area (Å²) in [6, 6.07) is 8.11. The molecule has 1 aliphatic heterocycles. The van der Waals surface area contributed by atoms with Gasteiger partial charge in [0, 0.05) is 30.8 Å². The average Bonchev–Trinajstić information content (AvgIpc) is 3.03. The van der Waals surface area contributed by atoms with Gasteiger partial charge in [-0.25, -0.2) is 9.37 Å². The zero-order valence-corrected chi connectivity index (χ0v) is 13.0. The highest BCUT2D eigenvalue weighted by Crippen LogP contribution is 2.26. The smallest absolute Gasteiger partial charge is 0.276 e. The van der Waals surface area contributed by atoms with E-state index in [2.05, 4.69) is 4.98 Å². The van der Waals surface area contributed by atoms with Gasteiger partial charge in [-0.1, -0.05) is 0 Å². The molecule has 1 aromatic carbocycles. The lowest BCUT2D eigenvalue weighted by atomic mass is 10.0. The summed E-state index contributed by atoms with van der Waals surface area (Å²) >= 11 is 0. The Morgan fingerprint density at radius 1 is 1.25 bits per heavy atom. The summed E-state index contributed by atoms with van der Waals surface area (Å²) in [5, 5.41) is 9.80. The third-order valence-corrected chi connectivity index (χ3v) is 4.21. The number of pyridine rings is 1. The lowest BCUT2D eigenvalue weighted by molar-refractivity contribution is 0.0708. The van der Waals surface area contributed by atoms with Crippen molar-refractivity contribution >= 4 is 11.7 Å². The van der Waals surface area contributed by atoms with Gasteiger partial charge in [-0.3, -0.25) is 9.59 Å². The molecular formula is C18H17FN2O3. The molecule has 5 nitrogen and oxygen atoms in total. The van der Waals surface area contributed by atoms with Crippen LogP contribution in [0.1, 0.15) is 40.1 Å². The number of carbonyl (C=O) groups is 2. The van der Waals surface area contributed by atoms with Crippen LogP contribution in [0.2, 0.25) is 0 Å². The van der Waals surface area contributed by atoms with Gasteiger partial charge in [0.25, 0.3) is 5.91 Å². The quantitative estimate of drug-likeness (QED) is 0.876. The van der Waals surface area contributed by atoms with E-state index in [4.69, 9.17) is 0 Å². The van der Waals surface area contributed by atoms with Crippen molar-refractivity contribution in [3.05, 3.63) is 59.7 Å². The molecule has 1 fully saturated rings. The Labute approximate surface area is 138 Å². The standard InChI is InChI=1S/C18H17FN2O3/c19-13-7-5-12(6-8-13)16(23)11-14-3-2-10-21(14)18(24)17-15(22)4-1-9-20-17/h1,4-9,14,22H,2-3,10-11H2/t14-/m1/s1. The van der Waals surface area contributed by atoms with E-state index in [-0.39, 0.29) is 35.6 Å². The Kier molecular flexibility index (Phi) is 4.55. The van der Waals surface area contributed by atoms with E-state index in [1.165, 1.54) is 36.5 Å². The highest BCUT2D eigenvalue weighted by atomic mass is 19.1. The zero-order chi connectivity index (χ0) is 17.1. The maximum Gasteiger partial charge on any atom is 0.276 e. The van der Waals surface area contributed by atoms with E-state index >= 15 is 0 Å². The van der Waals surface area contributed by atoms with Crippen molar-refractivity contribution in [1.82, 2.24) is 9.88 Å². The van der Waals surface area contributed by atoms with Crippen LogP contribution in [0.25, 0.3) is 0 Å². The molecule has 1 atom stereocenters. The minimum absolute atomic E-state index is 0.00127. The number of aromatic hydroxyl groups is 1. The van der Waals surface area contributed by atoms with Crippen LogP contribution in [0.5, 0.6) is 5.75 Å². The second-order valence-corrected chi connectivity index (χ2v) is 5.80. The monoisotopic (exact) mass is 328 g/mol. The lowest BCUT2D eigenvalue weighted by Gasteiger charge is -2.24. The van der Waals surface area contributed by atoms with Crippen molar-refractivity contribution in [2.75, 3.05) is 6.54 Å². The normalized spacial score (nSPS) is 17.0. The molecule has 1 aromatic heterocycles. The summed E-state index contributed by atoms with van der Waals surface area (Å²) in [4.78, 5) is 30.5. The number of amides is 1. The molecule has 1 N–H and O–H groups in total. The van der Waals surface area contributed by atoms with Gasteiger partial charge in [0.15, 0.2) is 11.5 Å². The number of benzene rings is 1. The Balaban J connectivity index is 1.74. The van der Waals surface area contributed by atoms with E-state index in [0.29, 0.717) is 18.5 Å². The third kappa shape index (κ3) is 3.27. The van der Waals surface area contributed by atoms with Crippen molar-refractivity contribution in [1.29, 1.82) is 0 Å². The van der Waals surface area contributed by atoms with Crippen molar-refractivity contribution < 1.29 is 19.1 Å². The summed E-state index contributed by atoms with van der Waals surface area (Å²) in [5.41, 5.74) is 0.426. The molecular weight excluding hydrogens is 311 g/mol. The maximum atomic E-state index is 13.0. The van der Waals surface area contributed by atoms with E-state index < -0.39 is 5.82 Å². The number of rotatable bonds is 4. The molecule has 2 aromatic rings. The Bertz CT molecular complexity index is 761. The predicted octanol–water partition coefficient (Wildman–Crippen LogP) is 2.80. The summed E-state index contributed by atoms with van der Waals surface area (Å²) < 4.78 is 13.0. The van der Waals surface area contributed by atoms with E-state index in [0.717, 1.165) is 6.42 Å². The largest absolute Gasteiger partial charge is 0.505 e. The van der Waals surface area contributed by atoms with Gasteiger partial charge in [0.05, 0.1) is 0 Å². The zero-order valence-electron chi connectivity index (χ0n) is 13.0. The first-order valence-corrected chi connectivity index (χ1v) is 7.80. The van der Waals surface area contributed by atoms with Gasteiger partial charge >= 0.3 is 0 Å². The molecule has 1 aliphatic rings. The van der Waals surface area contributed by atoms with Crippen LogP contribution in [-0.4, -0.2) is 39.3 Å². The van der Waals surface area contributed by atoms with Crippen LogP contribution in [-0.2, 0) is 0 Å². The molecule has 24 heavy (non-hydrogen) atoms. The fourth-order valence-corrected chi connectivity index (χ4v) is 2.98. The molecule has 3 rings (SSSR count). The first kappa shape index (κ1) is 16.1. The van der Waals surface area contributed by atoms with Gasteiger partial charge in [-0.15, -0.1) is 0 Å². The molecule has 0 unspecified atom stereocenters. The average molecular weight is 328 g/mol. The highest BCUT2D eigenvalue weighted by Gasteiger charge is 2.32. The number of hydrogen-bond donors (Lipinski definition) is 1. The molecule has 0 aliphatic carbocycles. The fraction of sp³-hybridized carbons (Fsp3) is 0.278. The van der Waals surface area contributed by atoms with E-state index in [1.54, 1.807) is 11.0 Å². The highest BCUT2D eigenvalue weighted by molar-refractivity contribution is 5.98. The van der Waals surface area contributed by atoms with Gasteiger partial charge in [-0.05, 0) is 49.2 Å². The number of aromatic nitrogens is 1. The molecule has 0 bridgehead atoms. The number of nitrogens with zero attached hydrogens (tertiary/aromatic N) is 2. The SMILES string of the molecule is O=C(C[C@H]1CCCN1C(=O)c1ncccc1O)c1ccc(F)cc1. The van der Waals surface area contributed by atoms with Crippen LogP contribution in [0.15, 0.2) is 42.6 Å². The predicted molar refractivity (Wildman–Crippen MR) is 85.3 cm³/mol. The first-order chi connectivity index (χ1) is 11.6. The summed E-state index contributed by atoms with van der Waals surface area (Å²) in [6.45, 7) is 0.524. The van der Waals surface area contributed by atoms with E-state index in [9.17, 15) is 19.1 Å². The van der Waals surface area contributed by atoms with Crippen LogP contribution in [0, 0.1) is 5.82 Å². The van der Waals surface area contributed by atoms with Gasteiger partial charge in [-0.2, -0.15) is 0 Å². The minimum atomic E-state index is -0.394. The van der Waals surface area contributed by atoms with Crippen molar-refractivity contribution in [2.45, 2.75) is 25.3 Å². The summed E-state index contributed by atoms with van der Waals surface area (Å²) in [6.07, 6.45) is 3.12. The molecule has 6 heteroatoms. The number of halogens is 1. The van der Waals surface area contributed by atoms with Crippen molar-refractivity contribution in [3.8, 4) is 5.75 Å². The molecule has 2 heterocycles. The number of likely N-dealkylation sites (tertiary alicyclic amines) is 1. The number of carbonyl (C=O) groups excluding carboxylic acids is 2. The number of hydrogen-bond acceptors (Lipinski definition) is 4. The molecule has 0 radical (unpaired) electrons. The maximum absolute atomic E-state index is 13.0. The number of ketones is 1. The first-order valence-electron chi connectivity index (χ1n) is 7.80. The Hall–Kier alpha value is -2.76. The van der Waals surface area contributed by atoms with Crippen molar-refractivity contribution in [3.63, 3.8) is 0 Å². The fourth-order valence-electron chi connectivity index (χ4n) is 2.98. The molecule has 124 valence electrons. The van der Waals surface area contributed by atoms with Gasteiger partial charge in [0.1, 0.15) is 11.6 Å². The topological polar surface area (TPSA) is 70.5 Å². The van der Waals surface area contributed by atoms with Crippen LogP contribution < -0.4 is 0 Å². The van der Waals surface area contributed by atoms with Crippen molar-refractivity contribution in [2.24, 2.45) is 0 Å². The molecule has 1 amide bonds. The second-order valence-electron chi connectivity index (χ2n) is 5.80. The van der Waals surface area contributed by atoms with Crippen LogP contribution >= 0.6 is 0 Å². The molecule has 0 spiro atoms. The summed E-state index contributed by atoms with van der Waals surface area (Å²) in [7, 11) is 0. The molecule has 1 saturated heterocycles. The second kappa shape index (κ2) is 6.78. The Morgan fingerprint density at radius 3 is 2.71 bits per heavy atom.